The standard InChI is InChI=1S/C13H18BrNO/c1-10(13(16)15(2)3)4-5-11-6-8-12(14)9-7-11/h6-10H,4-5H2,1-3H3. The summed E-state index contributed by atoms with van der Waals surface area (Å²) < 4.78 is 1.09. The van der Waals surface area contributed by atoms with Gasteiger partial charge in [-0.05, 0) is 30.5 Å². The molecule has 0 radical (unpaired) electrons. The molecule has 0 spiro atoms. The summed E-state index contributed by atoms with van der Waals surface area (Å²) in [5.74, 6) is 0.302. The van der Waals surface area contributed by atoms with E-state index in [0.717, 1.165) is 17.3 Å². The van der Waals surface area contributed by atoms with Crippen molar-refractivity contribution in [2.75, 3.05) is 14.1 Å². The Balaban J connectivity index is 2.45. The Kier molecular flexibility index (Phi) is 5.00. The quantitative estimate of drug-likeness (QED) is 0.832. The average Bonchev–Trinajstić information content (AvgIpc) is 2.26. The summed E-state index contributed by atoms with van der Waals surface area (Å²) in [4.78, 5) is 13.3. The minimum atomic E-state index is 0.0960. The lowest BCUT2D eigenvalue weighted by molar-refractivity contribution is -0.132. The highest BCUT2D eigenvalue weighted by Gasteiger charge is 2.14. The molecule has 0 aliphatic rings. The third kappa shape index (κ3) is 3.97. The topological polar surface area (TPSA) is 20.3 Å². The molecule has 0 aliphatic heterocycles. The van der Waals surface area contributed by atoms with Crippen molar-refractivity contribution < 1.29 is 4.79 Å². The second-order valence-corrected chi connectivity index (χ2v) is 5.21. The van der Waals surface area contributed by atoms with Gasteiger partial charge >= 0.3 is 0 Å². The number of carbonyl (C=O) groups is 1. The van der Waals surface area contributed by atoms with Gasteiger partial charge in [-0.1, -0.05) is 35.0 Å². The number of hydrogen-bond acceptors (Lipinski definition) is 1. The van der Waals surface area contributed by atoms with Crippen molar-refractivity contribution in [3.05, 3.63) is 34.3 Å². The lowest BCUT2D eigenvalue weighted by Crippen LogP contribution is -2.28. The molecule has 0 aromatic heterocycles. The predicted molar refractivity (Wildman–Crippen MR) is 70.3 cm³/mol. The van der Waals surface area contributed by atoms with Crippen LogP contribution in [-0.4, -0.2) is 24.9 Å². The van der Waals surface area contributed by atoms with Gasteiger partial charge in [0.15, 0.2) is 0 Å². The molecule has 16 heavy (non-hydrogen) atoms. The largest absolute Gasteiger partial charge is 0.349 e. The van der Waals surface area contributed by atoms with Crippen LogP contribution < -0.4 is 0 Å². The average molecular weight is 284 g/mol. The molecule has 0 saturated heterocycles. The van der Waals surface area contributed by atoms with Gasteiger partial charge in [0, 0.05) is 24.5 Å². The Labute approximate surface area is 106 Å². The van der Waals surface area contributed by atoms with Crippen LogP contribution >= 0.6 is 15.9 Å². The number of aryl methyl sites for hydroxylation is 1. The summed E-state index contributed by atoms with van der Waals surface area (Å²) in [6, 6.07) is 8.26. The SMILES string of the molecule is CC(CCc1ccc(Br)cc1)C(=O)N(C)C. The van der Waals surface area contributed by atoms with Crippen LogP contribution in [0.3, 0.4) is 0 Å². The summed E-state index contributed by atoms with van der Waals surface area (Å²) in [6.45, 7) is 1.99. The third-order valence-corrected chi connectivity index (χ3v) is 3.17. The lowest BCUT2D eigenvalue weighted by atomic mass is 10.0. The molecule has 1 aromatic carbocycles. The van der Waals surface area contributed by atoms with Crippen molar-refractivity contribution in [1.29, 1.82) is 0 Å². The first-order valence-electron chi connectivity index (χ1n) is 5.46. The predicted octanol–water partition coefficient (Wildman–Crippen LogP) is 3.11. The van der Waals surface area contributed by atoms with Crippen molar-refractivity contribution in [3.8, 4) is 0 Å². The summed E-state index contributed by atoms with van der Waals surface area (Å²) in [5, 5.41) is 0. The van der Waals surface area contributed by atoms with Gasteiger partial charge in [0.05, 0.1) is 0 Å². The molecule has 88 valence electrons. The molecule has 0 bridgehead atoms. The molecule has 0 N–H and O–H groups in total. The highest BCUT2D eigenvalue weighted by molar-refractivity contribution is 9.10. The monoisotopic (exact) mass is 283 g/mol. The van der Waals surface area contributed by atoms with Crippen LogP contribution in [0.15, 0.2) is 28.7 Å². The minimum absolute atomic E-state index is 0.0960. The summed E-state index contributed by atoms with van der Waals surface area (Å²) in [7, 11) is 3.61. The number of halogens is 1. The molecule has 0 aliphatic carbocycles. The van der Waals surface area contributed by atoms with Gasteiger partial charge in [-0.3, -0.25) is 4.79 Å². The molecular weight excluding hydrogens is 266 g/mol. The highest BCUT2D eigenvalue weighted by Crippen LogP contribution is 2.14. The second kappa shape index (κ2) is 6.04. The van der Waals surface area contributed by atoms with E-state index in [-0.39, 0.29) is 11.8 Å². The van der Waals surface area contributed by atoms with Crippen LogP contribution in [0.25, 0.3) is 0 Å². The zero-order chi connectivity index (χ0) is 12.1. The van der Waals surface area contributed by atoms with Gasteiger partial charge in [0.25, 0.3) is 0 Å². The fourth-order valence-corrected chi connectivity index (χ4v) is 1.86. The lowest BCUT2D eigenvalue weighted by Gasteiger charge is -2.16. The normalized spacial score (nSPS) is 12.2. The van der Waals surface area contributed by atoms with E-state index in [0.29, 0.717) is 0 Å². The van der Waals surface area contributed by atoms with Crippen LogP contribution in [0.2, 0.25) is 0 Å². The second-order valence-electron chi connectivity index (χ2n) is 4.30. The first-order chi connectivity index (χ1) is 7.50. The minimum Gasteiger partial charge on any atom is -0.349 e. The number of amides is 1. The third-order valence-electron chi connectivity index (χ3n) is 2.64. The molecule has 1 amide bonds. The summed E-state index contributed by atoms with van der Waals surface area (Å²) >= 11 is 3.41. The zero-order valence-corrected chi connectivity index (χ0v) is 11.6. The fraction of sp³-hybridized carbons (Fsp3) is 0.462. The van der Waals surface area contributed by atoms with E-state index in [1.807, 2.05) is 19.1 Å². The molecule has 3 heteroatoms. The van der Waals surface area contributed by atoms with Crippen molar-refractivity contribution >= 4 is 21.8 Å². The van der Waals surface area contributed by atoms with E-state index in [4.69, 9.17) is 0 Å². The maximum atomic E-state index is 11.6. The van der Waals surface area contributed by atoms with Crippen molar-refractivity contribution in [3.63, 3.8) is 0 Å². The van der Waals surface area contributed by atoms with E-state index in [1.165, 1.54) is 5.56 Å². The van der Waals surface area contributed by atoms with Gasteiger partial charge in [0.1, 0.15) is 0 Å². The highest BCUT2D eigenvalue weighted by atomic mass is 79.9. The van der Waals surface area contributed by atoms with Gasteiger partial charge < -0.3 is 4.90 Å². The Morgan fingerprint density at radius 3 is 2.38 bits per heavy atom. The van der Waals surface area contributed by atoms with Crippen LogP contribution in [0, 0.1) is 5.92 Å². The number of benzene rings is 1. The Morgan fingerprint density at radius 1 is 1.31 bits per heavy atom. The van der Waals surface area contributed by atoms with Crippen molar-refractivity contribution in [2.45, 2.75) is 19.8 Å². The Bertz CT molecular complexity index is 345. The van der Waals surface area contributed by atoms with Gasteiger partial charge in [0.2, 0.25) is 5.91 Å². The Morgan fingerprint density at radius 2 is 1.88 bits per heavy atom. The van der Waals surface area contributed by atoms with E-state index < -0.39 is 0 Å². The first-order valence-corrected chi connectivity index (χ1v) is 6.25. The number of carbonyl (C=O) groups excluding carboxylic acids is 1. The molecule has 1 atom stereocenters. The van der Waals surface area contributed by atoms with E-state index in [1.54, 1.807) is 19.0 Å². The smallest absolute Gasteiger partial charge is 0.224 e. The molecule has 1 aromatic rings. The Hall–Kier alpha value is -0.830. The van der Waals surface area contributed by atoms with Crippen LogP contribution in [0.4, 0.5) is 0 Å². The number of hydrogen-bond donors (Lipinski definition) is 0. The zero-order valence-electron chi connectivity index (χ0n) is 10.0. The summed E-state index contributed by atoms with van der Waals surface area (Å²) in [6.07, 6.45) is 1.85. The number of rotatable bonds is 4. The molecule has 0 heterocycles. The molecule has 0 fully saturated rings. The van der Waals surface area contributed by atoms with Gasteiger partial charge in [-0.2, -0.15) is 0 Å². The van der Waals surface area contributed by atoms with Crippen LogP contribution in [0.5, 0.6) is 0 Å². The van der Waals surface area contributed by atoms with E-state index in [9.17, 15) is 4.79 Å². The van der Waals surface area contributed by atoms with Crippen molar-refractivity contribution in [2.24, 2.45) is 5.92 Å². The van der Waals surface area contributed by atoms with Crippen LogP contribution in [-0.2, 0) is 11.2 Å². The van der Waals surface area contributed by atoms with Crippen molar-refractivity contribution in [1.82, 2.24) is 4.90 Å². The van der Waals surface area contributed by atoms with Crippen LogP contribution in [0.1, 0.15) is 18.9 Å². The first kappa shape index (κ1) is 13.2. The van der Waals surface area contributed by atoms with Gasteiger partial charge in [-0.25, -0.2) is 0 Å². The maximum absolute atomic E-state index is 11.6. The molecule has 0 saturated carbocycles. The van der Waals surface area contributed by atoms with Gasteiger partial charge in [-0.15, -0.1) is 0 Å². The number of nitrogens with zero attached hydrogens (tertiary/aromatic N) is 1. The van der Waals surface area contributed by atoms with E-state index >= 15 is 0 Å². The summed E-state index contributed by atoms with van der Waals surface area (Å²) in [5.41, 5.74) is 1.28. The van der Waals surface area contributed by atoms with E-state index in [2.05, 4.69) is 28.1 Å². The fourth-order valence-electron chi connectivity index (χ4n) is 1.60. The maximum Gasteiger partial charge on any atom is 0.224 e. The molecular formula is C13H18BrNO. The molecule has 1 rings (SSSR count). The molecule has 1 unspecified atom stereocenters. The molecule has 2 nitrogen and oxygen atoms in total.